The van der Waals surface area contributed by atoms with Crippen molar-refractivity contribution in [3.63, 3.8) is 0 Å². The second-order valence-corrected chi connectivity index (χ2v) is 3.83. The van der Waals surface area contributed by atoms with Gasteiger partial charge in [-0.3, -0.25) is 4.98 Å². The van der Waals surface area contributed by atoms with Gasteiger partial charge in [0.05, 0.1) is 5.69 Å². The van der Waals surface area contributed by atoms with Gasteiger partial charge in [0, 0.05) is 24.8 Å². The highest BCUT2D eigenvalue weighted by molar-refractivity contribution is 5.08. The second kappa shape index (κ2) is 4.53. The summed E-state index contributed by atoms with van der Waals surface area (Å²) in [5.41, 5.74) is 1.12. The summed E-state index contributed by atoms with van der Waals surface area (Å²) in [5, 5.41) is 6.92. The van der Waals surface area contributed by atoms with Crippen molar-refractivity contribution in [2.75, 3.05) is 13.1 Å². The number of nitrogens with one attached hydrogen (secondary N) is 2. The summed E-state index contributed by atoms with van der Waals surface area (Å²) in [4.78, 5) is 4.34. The van der Waals surface area contributed by atoms with E-state index in [4.69, 9.17) is 0 Å². The first kappa shape index (κ1) is 9.62. The lowest BCUT2D eigenvalue weighted by Crippen LogP contribution is -2.33. The zero-order chi connectivity index (χ0) is 9.80. The van der Waals surface area contributed by atoms with Crippen LogP contribution in [0.5, 0.6) is 0 Å². The van der Waals surface area contributed by atoms with Crippen molar-refractivity contribution in [2.24, 2.45) is 0 Å². The first-order chi connectivity index (χ1) is 6.86. The molecule has 76 valence electrons. The Morgan fingerprint density at radius 1 is 1.57 bits per heavy atom. The summed E-state index contributed by atoms with van der Waals surface area (Å²) in [6, 6.07) is 7.01. The third-order valence-corrected chi connectivity index (χ3v) is 2.68. The molecule has 1 saturated heterocycles. The van der Waals surface area contributed by atoms with E-state index < -0.39 is 0 Å². The van der Waals surface area contributed by atoms with Gasteiger partial charge in [0.2, 0.25) is 0 Å². The number of hydrogen-bond donors (Lipinski definition) is 2. The zero-order valence-electron chi connectivity index (χ0n) is 8.53. The maximum Gasteiger partial charge on any atom is 0.0570 e. The van der Waals surface area contributed by atoms with Gasteiger partial charge in [-0.15, -0.1) is 0 Å². The third-order valence-electron chi connectivity index (χ3n) is 2.68. The quantitative estimate of drug-likeness (QED) is 0.751. The summed E-state index contributed by atoms with van der Waals surface area (Å²) >= 11 is 0. The molecule has 0 amide bonds. The Kier molecular flexibility index (Phi) is 3.11. The van der Waals surface area contributed by atoms with E-state index in [9.17, 15) is 0 Å². The van der Waals surface area contributed by atoms with Gasteiger partial charge in [0.1, 0.15) is 0 Å². The first-order valence-electron chi connectivity index (χ1n) is 5.24. The molecule has 0 radical (unpaired) electrons. The number of pyridine rings is 1. The van der Waals surface area contributed by atoms with Crippen LogP contribution >= 0.6 is 0 Å². The molecule has 1 aliphatic heterocycles. The van der Waals surface area contributed by atoms with Crippen LogP contribution in [-0.4, -0.2) is 24.1 Å². The Morgan fingerprint density at radius 2 is 2.50 bits per heavy atom. The molecule has 2 atom stereocenters. The molecule has 1 fully saturated rings. The largest absolute Gasteiger partial charge is 0.315 e. The predicted octanol–water partition coefficient (Wildman–Crippen LogP) is 1.09. The van der Waals surface area contributed by atoms with E-state index in [1.165, 1.54) is 6.42 Å². The fourth-order valence-corrected chi connectivity index (χ4v) is 1.87. The van der Waals surface area contributed by atoms with Gasteiger partial charge in [-0.2, -0.15) is 0 Å². The Bertz CT molecular complexity index is 267. The van der Waals surface area contributed by atoms with Gasteiger partial charge in [-0.1, -0.05) is 6.07 Å². The molecular formula is C11H17N3. The van der Waals surface area contributed by atoms with Crippen LogP contribution in [0.4, 0.5) is 0 Å². The molecule has 14 heavy (non-hydrogen) atoms. The topological polar surface area (TPSA) is 37.0 Å². The van der Waals surface area contributed by atoms with E-state index in [-0.39, 0.29) is 0 Å². The van der Waals surface area contributed by atoms with Crippen LogP contribution in [0.15, 0.2) is 24.4 Å². The van der Waals surface area contributed by atoms with E-state index in [0.717, 1.165) is 18.8 Å². The number of aromatic nitrogens is 1. The third kappa shape index (κ3) is 2.30. The van der Waals surface area contributed by atoms with Crippen LogP contribution in [0.3, 0.4) is 0 Å². The van der Waals surface area contributed by atoms with Crippen LogP contribution < -0.4 is 10.6 Å². The SMILES string of the molecule is C[C@@H](NC1CCNC1)c1ccccn1. The van der Waals surface area contributed by atoms with Crippen LogP contribution in [0.25, 0.3) is 0 Å². The van der Waals surface area contributed by atoms with E-state index in [0.29, 0.717) is 12.1 Å². The molecule has 1 aliphatic rings. The minimum absolute atomic E-state index is 0.348. The zero-order valence-corrected chi connectivity index (χ0v) is 8.53. The van der Waals surface area contributed by atoms with Gasteiger partial charge in [0.15, 0.2) is 0 Å². The van der Waals surface area contributed by atoms with Crippen molar-refractivity contribution < 1.29 is 0 Å². The van der Waals surface area contributed by atoms with Crippen LogP contribution in [0.2, 0.25) is 0 Å². The highest BCUT2D eigenvalue weighted by Crippen LogP contribution is 2.10. The fraction of sp³-hybridized carbons (Fsp3) is 0.545. The lowest BCUT2D eigenvalue weighted by Gasteiger charge is -2.17. The van der Waals surface area contributed by atoms with E-state index >= 15 is 0 Å². The van der Waals surface area contributed by atoms with Crippen molar-refractivity contribution in [3.05, 3.63) is 30.1 Å². The smallest absolute Gasteiger partial charge is 0.0570 e. The van der Waals surface area contributed by atoms with E-state index in [2.05, 4.69) is 28.6 Å². The van der Waals surface area contributed by atoms with E-state index in [1.807, 2.05) is 18.3 Å². The molecule has 2 N–H and O–H groups in total. The molecule has 0 spiro atoms. The Hall–Kier alpha value is -0.930. The Labute approximate surface area is 84.9 Å². The molecule has 0 bridgehead atoms. The molecule has 2 rings (SSSR count). The molecule has 0 saturated carbocycles. The minimum Gasteiger partial charge on any atom is -0.315 e. The molecule has 3 nitrogen and oxygen atoms in total. The molecule has 0 aliphatic carbocycles. The molecule has 0 aromatic carbocycles. The maximum atomic E-state index is 4.34. The molecule has 1 unspecified atom stereocenters. The molecule has 1 aromatic rings. The molecule has 3 heteroatoms. The summed E-state index contributed by atoms with van der Waals surface area (Å²) in [6.07, 6.45) is 3.07. The summed E-state index contributed by atoms with van der Waals surface area (Å²) in [6.45, 7) is 4.38. The average molecular weight is 191 g/mol. The van der Waals surface area contributed by atoms with Crippen LogP contribution in [0, 0.1) is 0 Å². The van der Waals surface area contributed by atoms with Gasteiger partial charge in [-0.05, 0) is 32.0 Å². The predicted molar refractivity (Wildman–Crippen MR) is 57.1 cm³/mol. The van der Waals surface area contributed by atoms with Gasteiger partial charge in [0.25, 0.3) is 0 Å². The van der Waals surface area contributed by atoms with Gasteiger partial charge >= 0.3 is 0 Å². The van der Waals surface area contributed by atoms with Crippen molar-refractivity contribution >= 4 is 0 Å². The summed E-state index contributed by atoms with van der Waals surface area (Å²) in [5.74, 6) is 0. The van der Waals surface area contributed by atoms with Crippen LogP contribution in [-0.2, 0) is 0 Å². The van der Waals surface area contributed by atoms with Gasteiger partial charge in [-0.25, -0.2) is 0 Å². The van der Waals surface area contributed by atoms with Gasteiger partial charge < -0.3 is 10.6 Å². The number of nitrogens with zero attached hydrogens (tertiary/aromatic N) is 1. The number of hydrogen-bond acceptors (Lipinski definition) is 3. The number of rotatable bonds is 3. The lowest BCUT2D eigenvalue weighted by atomic mass is 10.1. The first-order valence-corrected chi connectivity index (χ1v) is 5.24. The maximum absolute atomic E-state index is 4.34. The van der Waals surface area contributed by atoms with Crippen molar-refractivity contribution in [3.8, 4) is 0 Å². The molecule has 2 heterocycles. The van der Waals surface area contributed by atoms with Crippen molar-refractivity contribution in [2.45, 2.75) is 25.4 Å². The second-order valence-electron chi connectivity index (χ2n) is 3.83. The van der Waals surface area contributed by atoms with Crippen molar-refractivity contribution in [1.82, 2.24) is 15.6 Å². The molecular weight excluding hydrogens is 174 g/mol. The monoisotopic (exact) mass is 191 g/mol. The summed E-state index contributed by atoms with van der Waals surface area (Å²) in [7, 11) is 0. The van der Waals surface area contributed by atoms with E-state index in [1.54, 1.807) is 0 Å². The highest BCUT2D eigenvalue weighted by atomic mass is 15.0. The highest BCUT2D eigenvalue weighted by Gasteiger charge is 2.17. The Morgan fingerprint density at radius 3 is 3.14 bits per heavy atom. The fourth-order valence-electron chi connectivity index (χ4n) is 1.87. The normalized spacial score (nSPS) is 23.6. The van der Waals surface area contributed by atoms with Crippen LogP contribution in [0.1, 0.15) is 25.1 Å². The minimum atomic E-state index is 0.348. The average Bonchev–Trinajstić information content (AvgIpc) is 2.72. The molecule has 1 aromatic heterocycles. The van der Waals surface area contributed by atoms with Crippen molar-refractivity contribution in [1.29, 1.82) is 0 Å². The standard InChI is InChI=1S/C11H17N3/c1-9(11-4-2-3-6-13-11)14-10-5-7-12-8-10/h2-4,6,9-10,12,14H,5,7-8H2,1H3/t9-,10?/m1/s1. The summed E-state index contributed by atoms with van der Waals surface area (Å²) < 4.78 is 0. The Balaban J connectivity index is 1.92. The lowest BCUT2D eigenvalue weighted by molar-refractivity contribution is 0.471.